The topological polar surface area (TPSA) is 49.8 Å². The summed E-state index contributed by atoms with van der Waals surface area (Å²) in [6, 6.07) is 13.2. The number of fused-ring (bicyclic) bond motifs is 3. The Hall–Kier alpha value is -2.54. The molecule has 0 unspecified atom stereocenters. The van der Waals surface area contributed by atoms with Crippen LogP contribution in [-0.4, -0.2) is 47.6 Å². The number of hydrogen-bond acceptors (Lipinski definition) is 3. The van der Waals surface area contributed by atoms with Gasteiger partial charge in [-0.1, -0.05) is 48.5 Å². The molecule has 0 aromatic heterocycles. The fourth-order valence-corrected chi connectivity index (χ4v) is 4.25. The fourth-order valence-electron chi connectivity index (χ4n) is 4.25. The number of carbonyl (C=O) groups excluding carboxylic acids is 1. The van der Waals surface area contributed by atoms with Gasteiger partial charge in [-0.25, -0.2) is 4.79 Å². The lowest BCUT2D eigenvalue weighted by molar-refractivity contribution is -0.210. The summed E-state index contributed by atoms with van der Waals surface area (Å²) in [4.78, 5) is 13.1. The average molecular weight is 391 g/mol. The van der Waals surface area contributed by atoms with Crippen LogP contribution in [0.3, 0.4) is 0 Å². The molecule has 0 bridgehead atoms. The lowest BCUT2D eigenvalue weighted by Crippen LogP contribution is -2.58. The van der Waals surface area contributed by atoms with Crippen LogP contribution < -0.4 is 0 Å². The predicted molar refractivity (Wildman–Crippen MR) is 96.9 cm³/mol. The Morgan fingerprint density at radius 3 is 2.21 bits per heavy atom. The summed E-state index contributed by atoms with van der Waals surface area (Å²) in [6.07, 6.45) is -7.06. The normalized spacial score (nSPS) is 21.9. The van der Waals surface area contributed by atoms with Crippen molar-refractivity contribution < 1.29 is 27.8 Å². The SMILES string of the molecule is O=C(OCC1c2ccccc2-c2ccccc21)N1CCC[C@@H](O)[C@@H]1C(F)(F)F. The number of benzene rings is 2. The molecular formula is C21H20F3NO3. The van der Waals surface area contributed by atoms with Crippen molar-refractivity contribution in [1.82, 2.24) is 4.90 Å². The summed E-state index contributed by atoms with van der Waals surface area (Å²) >= 11 is 0. The van der Waals surface area contributed by atoms with Gasteiger partial charge < -0.3 is 9.84 Å². The zero-order valence-corrected chi connectivity index (χ0v) is 15.0. The molecule has 1 amide bonds. The van der Waals surface area contributed by atoms with Gasteiger partial charge >= 0.3 is 12.3 Å². The van der Waals surface area contributed by atoms with Crippen molar-refractivity contribution >= 4 is 6.09 Å². The molecule has 2 atom stereocenters. The number of likely N-dealkylation sites (tertiary alicyclic amines) is 1. The maximum absolute atomic E-state index is 13.3. The van der Waals surface area contributed by atoms with Crippen molar-refractivity contribution in [3.63, 3.8) is 0 Å². The monoisotopic (exact) mass is 391 g/mol. The van der Waals surface area contributed by atoms with Crippen LogP contribution in [0.2, 0.25) is 0 Å². The van der Waals surface area contributed by atoms with Crippen LogP contribution in [0, 0.1) is 0 Å². The maximum Gasteiger partial charge on any atom is 0.411 e. The van der Waals surface area contributed by atoms with Crippen LogP contribution in [0.1, 0.15) is 29.9 Å². The number of halogens is 3. The largest absolute Gasteiger partial charge is 0.448 e. The highest BCUT2D eigenvalue weighted by molar-refractivity contribution is 5.79. The minimum absolute atomic E-state index is 0.0112. The molecule has 1 aliphatic carbocycles. The summed E-state index contributed by atoms with van der Waals surface area (Å²) in [5, 5.41) is 9.79. The molecule has 1 heterocycles. The second-order valence-corrected chi connectivity index (χ2v) is 7.19. The summed E-state index contributed by atoms with van der Waals surface area (Å²) in [5.74, 6) is -0.226. The van der Waals surface area contributed by atoms with E-state index in [0.717, 1.165) is 22.3 Å². The van der Waals surface area contributed by atoms with Gasteiger partial charge in [0.1, 0.15) is 6.61 Å². The summed E-state index contributed by atoms with van der Waals surface area (Å²) in [6.45, 7) is -0.137. The third-order valence-corrected chi connectivity index (χ3v) is 5.51. The van der Waals surface area contributed by atoms with Crippen molar-refractivity contribution in [2.24, 2.45) is 0 Å². The minimum Gasteiger partial charge on any atom is -0.448 e. The van der Waals surface area contributed by atoms with Crippen molar-refractivity contribution in [2.45, 2.75) is 37.1 Å². The summed E-state index contributed by atoms with van der Waals surface area (Å²) in [7, 11) is 0. The third-order valence-electron chi connectivity index (χ3n) is 5.51. The van der Waals surface area contributed by atoms with E-state index in [1.165, 1.54) is 0 Å². The number of alkyl halides is 3. The zero-order valence-electron chi connectivity index (χ0n) is 15.0. The van der Waals surface area contributed by atoms with Gasteiger partial charge in [-0.05, 0) is 35.1 Å². The van der Waals surface area contributed by atoms with Gasteiger partial charge in [0.2, 0.25) is 0 Å². The predicted octanol–water partition coefficient (Wildman–Crippen LogP) is 4.32. The number of carbonyl (C=O) groups is 1. The number of ether oxygens (including phenoxy) is 1. The molecule has 148 valence electrons. The standard InChI is InChI=1S/C21H20F3NO3/c22-21(23,24)19-18(26)10-5-11-25(19)20(27)28-12-17-15-8-3-1-6-13(15)14-7-2-4-9-16(14)17/h1-4,6-9,17-19,26H,5,10-12H2/t18-,19-/m1/s1. The number of nitrogens with zero attached hydrogens (tertiary/aromatic N) is 1. The summed E-state index contributed by atoms with van der Waals surface area (Å²) < 4.78 is 45.3. The molecule has 1 saturated heterocycles. The van der Waals surface area contributed by atoms with Gasteiger partial charge in [0, 0.05) is 12.5 Å². The highest BCUT2D eigenvalue weighted by Crippen LogP contribution is 2.44. The number of piperidine rings is 1. The Labute approximate surface area is 160 Å². The summed E-state index contributed by atoms with van der Waals surface area (Å²) in [5.41, 5.74) is 4.06. The molecule has 4 rings (SSSR count). The molecule has 7 heteroatoms. The number of aliphatic hydroxyl groups excluding tert-OH is 1. The van der Waals surface area contributed by atoms with Crippen molar-refractivity contribution in [3.05, 3.63) is 59.7 Å². The first-order chi connectivity index (χ1) is 13.4. The molecule has 2 aromatic rings. The van der Waals surface area contributed by atoms with Gasteiger partial charge in [0.05, 0.1) is 6.10 Å². The van der Waals surface area contributed by atoms with Crippen LogP contribution in [0.25, 0.3) is 11.1 Å². The lowest BCUT2D eigenvalue weighted by Gasteiger charge is -2.39. The second-order valence-electron chi connectivity index (χ2n) is 7.19. The van der Waals surface area contributed by atoms with Gasteiger partial charge in [0.25, 0.3) is 0 Å². The Kier molecular flexibility index (Phi) is 4.79. The molecule has 0 radical (unpaired) electrons. The molecule has 28 heavy (non-hydrogen) atoms. The Bertz CT molecular complexity index is 838. The van der Waals surface area contributed by atoms with Crippen molar-refractivity contribution in [1.29, 1.82) is 0 Å². The molecule has 2 aromatic carbocycles. The number of rotatable bonds is 2. The van der Waals surface area contributed by atoms with Gasteiger partial charge in [-0.3, -0.25) is 4.90 Å². The van der Waals surface area contributed by atoms with E-state index in [2.05, 4.69) is 0 Å². The Morgan fingerprint density at radius 2 is 1.64 bits per heavy atom. The smallest absolute Gasteiger partial charge is 0.411 e. The van der Waals surface area contributed by atoms with Crippen molar-refractivity contribution in [3.8, 4) is 11.1 Å². The van der Waals surface area contributed by atoms with Crippen LogP contribution in [0.15, 0.2) is 48.5 Å². The molecule has 1 N–H and O–H groups in total. The van der Waals surface area contributed by atoms with Crippen LogP contribution >= 0.6 is 0 Å². The molecule has 1 fully saturated rings. The lowest BCUT2D eigenvalue weighted by atomic mass is 9.98. The molecule has 0 spiro atoms. The number of aliphatic hydroxyl groups is 1. The van der Waals surface area contributed by atoms with Gasteiger partial charge in [-0.2, -0.15) is 13.2 Å². The molecule has 0 saturated carbocycles. The van der Waals surface area contributed by atoms with Crippen LogP contribution in [0.4, 0.5) is 18.0 Å². The van der Waals surface area contributed by atoms with Crippen LogP contribution in [0.5, 0.6) is 0 Å². The molecule has 1 aliphatic heterocycles. The van der Waals surface area contributed by atoms with Gasteiger partial charge in [-0.15, -0.1) is 0 Å². The average Bonchev–Trinajstić information content (AvgIpc) is 2.99. The maximum atomic E-state index is 13.3. The van der Waals surface area contributed by atoms with Gasteiger partial charge in [0.15, 0.2) is 6.04 Å². The van der Waals surface area contributed by atoms with Crippen molar-refractivity contribution in [2.75, 3.05) is 13.2 Å². The van der Waals surface area contributed by atoms with E-state index in [4.69, 9.17) is 4.74 Å². The number of amides is 1. The van der Waals surface area contributed by atoms with E-state index in [-0.39, 0.29) is 25.5 Å². The van der Waals surface area contributed by atoms with E-state index >= 15 is 0 Å². The van der Waals surface area contributed by atoms with Crippen LogP contribution in [-0.2, 0) is 4.74 Å². The minimum atomic E-state index is -4.70. The van der Waals surface area contributed by atoms with E-state index < -0.39 is 24.4 Å². The third kappa shape index (κ3) is 3.24. The second kappa shape index (κ2) is 7.13. The van der Waals surface area contributed by atoms with E-state index in [0.29, 0.717) is 11.3 Å². The molecule has 4 nitrogen and oxygen atoms in total. The zero-order chi connectivity index (χ0) is 19.9. The first-order valence-electron chi connectivity index (χ1n) is 9.24. The highest BCUT2D eigenvalue weighted by Gasteiger charge is 2.51. The first-order valence-corrected chi connectivity index (χ1v) is 9.24. The van der Waals surface area contributed by atoms with E-state index in [1.54, 1.807) is 0 Å². The quantitative estimate of drug-likeness (QED) is 0.829. The van der Waals surface area contributed by atoms with E-state index in [9.17, 15) is 23.1 Å². The Morgan fingerprint density at radius 1 is 1.07 bits per heavy atom. The highest BCUT2D eigenvalue weighted by atomic mass is 19.4. The molecular weight excluding hydrogens is 371 g/mol. The molecule has 2 aliphatic rings. The first kappa shape index (κ1) is 18.8. The van der Waals surface area contributed by atoms with E-state index in [1.807, 2.05) is 48.5 Å². The fraction of sp³-hybridized carbons (Fsp3) is 0.381. The Balaban J connectivity index is 1.54. The number of hydrogen-bond donors (Lipinski definition) is 1.